The minimum Gasteiger partial charge on any atom is -0.348 e. The molecule has 6 nitrogen and oxygen atoms in total. The molecule has 2 rings (SSSR count). The van der Waals surface area contributed by atoms with Crippen LogP contribution in [0.15, 0.2) is 42.7 Å². The highest BCUT2D eigenvalue weighted by Gasteiger charge is 2.10. The van der Waals surface area contributed by atoms with E-state index in [9.17, 15) is 9.59 Å². The van der Waals surface area contributed by atoms with E-state index in [4.69, 9.17) is 0 Å². The lowest BCUT2D eigenvalue weighted by atomic mass is 10.1. The molecule has 0 saturated carbocycles. The van der Waals surface area contributed by atoms with Gasteiger partial charge < -0.3 is 10.6 Å². The SMILES string of the molecule is CC(=O)NCC(=O)N[C@H](C)c1cccc(-n2cccn2)c1. The largest absolute Gasteiger partial charge is 0.348 e. The molecular formula is C15H18N4O2. The fraction of sp³-hybridized carbons (Fsp3) is 0.267. The number of nitrogens with zero attached hydrogens (tertiary/aromatic N) is 2. The zero-order valence-electron chi connectivity index (χ0n) is 12.0. The van der Waals surface area contributed by atoms with Crippen molar-refractivity contribution in [2.24, 2.45) is 0 Å². The molecule has 6 heteroatoms. The van der Waals surface area contributed by atoms with Gasteiger partial charge in [0.15, 0.2) is 0 Å². The van der Waals surface area contributed by atoms with Gasteiger partial charge >= 0.3 is 0 Å². The molecule has 2 amide bonds. The van der Waals surface area contributed by atoms with Gasteiger partial charge in [0.05, 0.1) is 18.3 Å². The second-order valence-corrected chi connectivity index (χ2v) is 4.74. The molecule has 0 spiro atoms. The number of nitrogens with one attached hydrogen (secondary N) is 2. The third-order valence-electron chi connectivity index (χ3n) is 3.01. The predicted octanol–water partition coefficient (Wildman–Crippen LogP) is 1.19. The van der Waals surface area contributed by atoms with E-state index in [0.29, 0.717) is 0 Å². The number of aromatic nitrogens is 2. The molecule has 0 aliphatic rings. The fourth-order valence-corrected chi connectivity index (χ4v) is 1.94. The van der Waals surface area contributed by atoms with Gasteiger partial charge in [0.1, 0.15) is 0 Å². The molecule has 2 aromatic rings. The van der Waals surface area contributed by atoms with Crippen LogP contribution in [0.2, 0.25) is 0 Å². The summed E-state index contributed by atoms with van der Waals surface area (Å²) in [5.41, 5.74) is 1.90. The van der Waals surface area contributed by atoms with E-state index in [0.717, 1.165) is 11.3 Å². The normalized spacial score (nSPS) is 11.7. The molecule has 0 unspecified atom stereocenters. The molecule has 0 bridgehead atoms. The molecule has 0 radical (unpaired) electrons. The van der Waals surface area contributed by atoms with Gasteiger partial charge in [-0.2, -0.15) is 5.10 Å². The number of carbonyl (C=O) groups is 2. The number of carbonyl (C=O) groups excluding carboxylic acids is 2. The molecule has 0 aliphatic heterocycles. The second kappa shape index (κ2) is 6.69. The van der Waals surface area contributed by atoms with E-state index >= 15 is 0 Å². The zero-order valence-corrected chi connectivity index (χ0v) is 12.0. The lowest BCUT2D eigenvalue weighted by Gasteiger charge is -2.15. The monoisotopic (exact) mass is 286 g/mol. The van der Waals surface area contributed by atoms with E-state index < -0.39 is 0 Å². The van der Waals surface area contributed by atoms with Gasteiger partial charge in [-0.15, -0.1) is 0 Å². The summed E-state index contributed by atoms with van der Waals surface area (Å²) in [6.07, 6.45) is 3.57. The van der Waals surface area contributed by atoms with E-state index in [2.05, 4.69) is 15.7 Å². The first-order valence-electron chi connectivity index (χ1n) is 6.70. The van der Waals surface area contributed by atoms with Crippen molar-refractivity contribution in [3.05, 3.63) is 48.3 Å². The Morgan fingerprint density at radius 1 is 1.33 bits per heavy atom. The highest BCUT2D eigenvalue weighted by atomic mass is 16.2. The standard InChI is InChI=1S/C15H18N4O2/c1-11(18-15(21)10-16-12(2)20)13-5-3-6-14(9-13)19-8-4-7-17-19/h3-9,11H,10H2,1-2H3,(H,16,20)(H,18,21)/t11-/m1/s1. The molecule has 1 aromatic carbocycles. The topological polar surface area (TPSA) is 76.0 Å². The van der Waals surface area contributed by atoms with E-state index in [1.165, 1.54) is 6.92 Å². The van der Waals surface area contributed by atoms with Crippen LogP contribution < -0.4 is 10.6 Å². The molecule has 2 N–H and O–H groups in total. The number of rotatable bonds is 5. The maximum atomic E-state index is 11.7. The van der Waals surface area contributed by atoms with Gasteiger partial charge in [-0.25, -0.2) is 4.68 Å². The molecule has 0 aliphatic carbocycles. The third kappa shape index (κ3) is 4.17. The van der Waals surface area contributed by atoms with Gasteiger partial charge in [-0.05, 0) is 30.7 Å². The first kappa shape index (κ1) is 14.8. The van der Waals surface area contributed by atoms with E-state index in [1.807, 2.05) is 43.5 Å². The lowest BCUT2D eigenvalue weighted by molar-refractivity contribution is -0.125. The molecule has 21 heavy (non-hydrogen) atoms. The maximum Gasteiger partial charge on any atom is 0.239 e. The number of amides is 2. The summed E-state index contributed by atoms with van der Waals surface area (Å²) in [7, 11) is 0. The van der Waals surface area contributed by atoms with Crippen LogP contribution >= 0.6 is 0 Å². The number of benzene rings is 1. The molecule has 1 aromatic heterocycles. The van der Waals surface area contributed by atoms with Crippen molar-refractivity contribution in [1.29, 1.82) is 0 Å². The average Bonchev–Trinajstić information content (AvgIpc) is 2.99. The summed E-state index contributed by atoms with van der Waals surface area (Å²) in [6.45, 7) is 3.26. The number of hydrogen-bond donors (Lipinski definition) is 2. The van der Waals surface area contributed by atoms with Gasteiger partial charge in [-0.1, -0.05) is 12.1 Å². The summed E-state index contributed by atoms with van der Waals surface area (Å²) in [6, 6.07) is 9.48. The van der Waals surface area contributed by atoms with Crippen LogP contribution in [0.3, 0.4) is 0 Å². The molecule has 1 heterocycles. The maximum absolute atomic E-state index is 11.7. The van der Waals surface area contributed by atoms with Crippen LogP contribution in [0, 0.1) is 0 Å². The van der Waals surface area contributed by atoms with Crippen LogP contribution in [0.1, 0.15) is 25.5 Å². The Labute approximate surface area is 123 Å². The van der Waals surface area contributed by atoms with Crippen molar-refractivity contribution in [2.45, 2.75) is 19.9 Å². The Hall–Kier alpha value is -2.63. The summed E-state index contributed by atoms with van der Waals surface area (Å²) < 4.78 is 1.76. The van der Waals surface area contributed by atoms with Crippen molar-refractivity contribution in [3.8, 4) is 5.69 Å². The highest BCUT2D eigenvalue weighted by Crippen LogP contribution is 2.16. The predicted molar refractivity (Wildman–Crippen MR) is 78.8 cm³/mol. The van der Waals surface area contributed by atoms with E-state index in [1.54, 1.807) is 10.9 Å². The Kier molecular flexibility index (Phi) is 4.71. The van der Waals surface area contributed by atoms with Gasteiger partial charge in [0.25, 0.3) is 0 Å². The third-order valence-corrected chi connectivity index (χ3v) is 3.01. The molecule has 0 fully saturated rings. The number of hydrogen-bond acceptors (Lipinski definition) is 3. The van der Waals surface area contributed by atoms with Crippen molar-refractivity contribution in [2.75, 3.05) is 6.54 Å². The van der Waals surface area contributed by atoms with Crippen LogP contribution in [0.5, 0.6) is 0 Å². The quantitative estimate of drug-likeness (QED) is 0.866. The average molecular weight is 286 g/mol. The van der Waals surface area contributed by atoms with Crippen LogP contribution in [-0.4, -0.2) is 28.1 Å². The van der Waals surface area contributed by atoms with Crippen LogP contribution in [0.25, 0.3) is 5.69 Å². The lowest BCUT2D eigenvalue weighted by Crippen LogP contribution is -2.37. The minimum atomic E-state index is -0.224. The van der Waals surface area contributed by atoms with Crippen LogP contribution in [-0.2, 0) is 9.59 Å². The Balaban J connectivity index is 2.02. The van der Waals surface area contributed by atoms with Gasteiger partial charge in [0.2, 0.25) is 11.8 Å². The van der Waals surface area contributed by atoms with Crippen molar-refractivity contribution < 1.29 is 9.59 Å². The molecule has 0 saturated heterocycles. The Bertz CT molecular complexity index is 622. The van der Waals surface area contributed by atoms with Gasteiger partial charge in [0, 0.05) is 19.3 Å². The minimum absolute atomic E-state index is 0.0154. The van der Waals surface area contributed by atoms with Gasteiger partial charge in [-0.3, -0.25) is 9.59 Å². The summed E-state index contributed by atoms with van der Waals surface area (Å²) in [4.78, 5) is 22.5. The molecular weight excluding hydrogens is 268 g/mol. The summed E-state index contributed by atoms with van der Waals surface area (Å²) in [5.74, 6) is -0.444. The first-order valence-corrected chi connectivity index (χ1v) is 6.70. The molecule has 1 atom stereocenters. The fourth-order valence-electron chi connectivity index (χ4n) is 1.94. The highest BCUT2D eigenvalue weighted by molar-refractivity contribution is 5.83. The van der Waals surface area contributed by atoms with Crippen LogP contribution in [0.4, 0.5) is 0 Å². The van der Waals surface area contributed by atoms with Crippen molar-refractivity contribution in [1.82, 2.24) is 20.4 Å². The Morgan fingerprint density at radius 2 is 2.14 bits per heavy atom. The van der Waals surface area contributed by atoms with E-state index in [-0.39, 0.29) is 24.4 Å². The van der Waals surface area contributed by atoms with Crippen molar-refractivity contribution >= 4 is 11.8 Å². The smallest absolute Gasteiger partial charge is 0.239 e. The second-order valence-electron chi connectivity index (χ2n) is 4.74. The molecule has 110 valence electrons. The first-order chi connectivity index (χ1) is 10.1. The summed E-state index contributed by atoms with van der Waals surface area (Å²) in [5, 5.41) is 9.49. The summed E-state index contributed by atoms with van der Waals surface area (Å²) >= 11 is 0. The Morgan fingerprint density at radius 3 is 2.81 bits per heavy atom. The zero-order chi connectivity index (χ0) is 15.2. The van der Waals surface area contributed by atoms with Crippen molar-refractivity contribution in [3.63, 3.8) is 0 Å².